The van der Waals surface area contributed by atoms with E-state index in [-0.39, 0.29) is 6.10 Å². The fraction of sp³-hybridized carbons (Fsp3) is 0.533. The highest BCUT2D eigenvalue weighted by Crippen LogP contribution is 2.12. The number of hydrogen-bond acceptors (Lipinski definition) is 4. The Morgan fingerprint density at radius 1 is 1.41 bits per heavy atom. The molecule has 22 heavy (non-hydrogen) atoms. The van der Waals surface area contributed by atoms with E-state index in [1.54, 1.807) is 12.1 Å². The molecule has 1 atom stereocenters. The number of nitrogens with zero attached hydrogens (tertiary/aromatic N) is 1. The van der Waals surface area contributed by atoms with E-state index >= 15 is 0 Å². The van der Waals surface area contributed by atoms with E-state index in [0.717, 1.165) is 31.4 Å². The third-order valence-electron chi connectivity index (χ3n) is 3.56. The van der Waals surface area contributed by atoms with Crippen LogP contribution in [0.2, 0.25) is 0 Å². The molecule has 0 spiro atoms. The Morgan fingerprint density at radius 2 is 2.14 bits per heavy atom. The van der Waals surface area contributed by atoms with Gasteiger partial charge in [-0.25, -0.2) is 8.42 Å². The van der Waals surface area contributed by atoms with Gasteiger partial charge in [0.2, 0.25) is 0 Å². The minimum atomic E-state index is -3.14. The van der Waals surface area contributed by atoms with Crippen LogP contribution in [0.25, 0.3) is 0 Å². The van der Waals surface area contributed by atoms with E-state index in [1.807, 2.05) is 12.1 Å². The molecule has 1 heterocycles. The molecule has 1 aliphatic rings. The number of rotatable bonds is 6. The number of nitrogens with one attached hydrogen (secondary N) is 1. The highest BCUT2D eigenvalue weighted by molar-refractivity contribution is 7.90. The van der Waals surface area contributed by atoms with E-state index in [2.05, 4.69) is 10.3 Å². The van der Waals surface area contributed by atoms with Crippen LogP contribution in [0.5, 0.6) is 0 Å². The maximum absolute atomic E-state index is 11.4. The molecule has 1 fully saturated rings. The first-order valence-electron chi connectivity index (χ1n) is 7.39. The Balaban J connectivity index is 1.74. The molecule has 2 rings (SSSR count). The molecular weight excluding hydrogens is 302 g/mol. The topological polar surface area (TPSA) is 93.8 Å². The summed E-state index contributed by atoms with van der Waals surface area (Å²) in [6.07, 6.45) is 4.29. The quantitative estimate of drug-likeness (QED) is 0.593. The van der Waals surface area contributed by atoms with Crippen molar-refractivity contribution in [2.24, 2.45) is 10.7 Å². The number of guanidine groups is 1. The summed E-state index contributed by atoms with van der Waals surface area (Å²) in [7, 11) is -3.14. The Morgan fingerprint density at radius 3 is 2.73 bits per heavy atom. The summed E-state index contributed by atoms with van der Waals surface area (Å²) >= 11 is 0. The van der Waals surface area contributed by atoms with Crippen LogP contribution in [0.3, 0.4) is 0 Å². The van der Waals surface area contributed by atoms with Gasteiger partial charge in [-0.1, -0.05) is 12.1 Å². The van der Waals surface area contributed by atoms with Crippen LogP contribution in [0, 0.1) is 0 Å². The fourth-order valence-electron chi connectivity index (χ4n) is 2.28. The molecule has 1 unspecified atom stereocenters. The second kappa shape index (κ2) is 7.60. The van der Waals surface area contributed by atoms with Crippen molar-refractivity contribution < 1.29 is 13.2 Å². The van der Waals surface area contributed by atoms with E-state index in [9.17, 15) is 8.42 Å². The highest BCUT2D eigenvalue weighted by atomic mass is 32.2. The zero-order valence-corrected chi connectivity index (χ0v) is 13.6. The van der Waals surface area contributed by atoms with E-state index < -0.39 is 9.84 Å². The van der Waals surface area contributed by atoms with Crippen LogP contribution < -0.4 is 11.1 Å². The molecule has 122 valence electrons. The molecule has 0 bridgehead atoms. The van der Waals surface area contributed by atoms with Gasteiger partial charge in [0.25, 0.3) is 0 Å². The molecule has 0 aromatic heterocycles. The first kappa shape index (κ1) is 16.8. The molecule has 1 aromatic rings. The molecular formula is C15H23N3O3S. The highest BCUT2D eigenvalue weighted by Gasteiger charge is 2.14. The average Bonchev–Trinajstić information content (AvgIpc) is 2.98. The lowest BCUT2D eigenvalue weighted by Gasteiger charge is -2.08. The van der Waals surface area contributed by atoms with Crippen molar-refractivity contribution in [2.45, 2.75) is 30.3 Å². The van der Waals surface area contributed by atoms with Crippen LogP contribution in [0.1, 0.15) is 18.4 Å². The fourth-order valence-corrected chi connectivity index (χ4v) is 2.91. The lowest BCUT2D eigenvalue weighted by atomic mass is 10.1. The van der Waals surface area contributed by atoms with Gasteiger partial charge in [0.05, 0.1) is 17.5 Å². The summed E-state index contributed by atoms with van der Waals surface area (Å²) in [6.45, 7) is 2.07. The molecule has 3 N–H and O–H groups in total. The van der Waals surface area contributed by atoms with Gasteiger partial charge in [0, 0.05) is 19.4 Å². The van der Waals surface area contributed by atoms with Crippen LogP contribution in [0.4, 0.5) is 0 Å². The van der Waals surface area contributed by atoms with Gasteiger partial charge in [0.15, 0.2) is 15.8 Å². The molecule has 0 radical (unpaired) electrons. The zero-order chi connectivity index (χ0) is 16.0. The molecule has 1 aromatic carbocycles. The second-order valence-corrected chi connectivity index (χ2v) is 7.47. The van der Waals surface area contributed by atoms with Gasteiger partial charge >= 0.3 is 0 Å². The van der Waals surface area contributed by atoms with E-state index in [1.165, 1.54) is 6.26 Å². The van der Waals surface area contributed by atoms with E-state index in [0.29, 0.717) is 23.9 Å². The third-order valence-corrected chi connectivity index (χ3v) is 4.69. The van der Waals surface area contributed by atoms with Crippen molar-refractivity contribution in [1.82, 2.24) is 5.32 Å². The third kappa shape index (κ3) is 5.31. The Kier molecular flexibility index (Phi) is 5.79. The van der Waals surface area contributed by atoms with Gasteiger partial charge in [-0.05, 0) is 37.0 Å². The maximum Gasteiger partial charge on any atom is 0.188 e. The monoisotopic (exact) mass is 325 g/mol. The Hall–Kier alpha value is -1.60. The SMILES string of the molecule is CS(=O)(=O)c1ccc(CCNC(N)=NCC2CCCO2)cc1. The van der Waals surface area contributed by atoms with Crippen LogP contribution in [-0.4, -0.2) is 46.4 Å². The largest absolute Gasteiger partial charge is 0.376 e. The van der Waals surface area contributed by atoms with Crippen LogP contribution in [-0.2, 0) is 21.0 Å². The maximum atomic E-state index is 11.4. The molecule has 0 saturated carbocycles. The van der Waals surface area contributed by atoms with Crippen LogP contribution in [0.15, 0.2) is 34.2 Å². The smallest absolute Gasteiger partial charge is 0.188 e. The number of sulfone groups is 1. The number of benzene rings is 1. The second-order valence-electron chi connectivity index (χ2n) is 5.45. The molecule has 1 aliphatic heterocycles. The van der Waals surface area contributed by atoms with E-state index in [4.69, 9.17) is 10.5 Å². The van der Waals surface area contributed by atoms with Gasteiger partial charge in [-0.3, -0.25) is 4.99 Å². The predicted octanol–water partition coefficient (Wildman–Crippen LogP) is 0.716. The minimum Gasteiger partial charge on any atom is -0.376 e. The van der Waals surface area contributed by atoms with Gasteiger partial charge in [-0.2, -0.15) is 0 Å². The van der Waals surface area contributed by atoms with Crippen LogP contribution >= 0.6 is 0 Å². The average molecular weight is 325 g/mol. The number of nitrogens with two attached hydrogens (primary N) is 1. The van der Waals surface area contributed by atoms with Crippen molar-refractivity contribution >= 4 is 15.8 Å². The molecule has 0 amide bonds. The molecule has 1 saturated heterocycles. The summed E-state index contributed by atoms with van der Waals surface area (Å²) in [6, 6.07) is 6.88. The lowest BCUT2D eigenvalue weighted by Crippen LogP contribution is -2.34. The number of aliphatic imine (C=N–C) groups is 1. The van der Waals surface area contributed by atoms with Crippen molar-refractivity contribution in [3.63, 3.8) is 0 Å². The summed E-state index contributed by atoms with van der Waals surface area (Å²) < 4.78 is 28.2. The standard InChI is InChI=1S/C15H23N3O3S/c1-22(19,20)14-6-4-12(5-7-14)8-9-17-15(16)18-11-13-3-2-10-21-13/h4-7,13H,2-3,8-11H2,1H3,(H3,16,17,18). The van der Waals surface area contributed by atoms with Crippen molar-refractivity contribution in [3.05, 3.63) is 29.8 Å². The first-order valence-corrected chi connectivity index (χ1v) is 9.28. The first-order chi connectivity index (χ1) is 10.4. The molecule has 0 aliphatic carbocycles. The zero-order valence-electron chi connectivity index (χ0n) is 12.8. The predicted molar refractivity (Wildman–Crippen MR) is 86.7 cm³/mol. The summed E-state index contributed by atoms with van der Waals surface area (Å²) in [4.78, 5) is 4.60. The molecule has 7 heteroatoms. The van der Waals surface area contributed by atoms with Gasteiger partial charge < -0.3 is 15.8 Å². The van der Waals surface area contributed by atoms with Crippen molar-refractivity contribution in [3.8, 4) is 0 Å². The van der Waals surface area contributed by atoms with Crippen molar-refractivity contribution in [2.75, 3.05) is 26.0 Å². The normalized spacial score (nSPS) is 19.3. The lowest BCUT2D eigenvalue weighted by molar-refractivity contribution is 0.118. The minimum absolute atomic E-state index is 0.198. The molecule has 6 nitrogen and oxygen atoms in total. The number of hydrogen-bond donors (Lipinski definition) is 2. The summed E-state index contributed by atoms with van der Waals surface area (Å²) in [5, 5.41) is 3.05. The Labute approximate surface area is 131 Å². The Bertz CT molecular complexity index is 605. The summed E-state index contributed by atoms with van der Waals surface area (Å²) in [5.41, 5.74) is 6.85. The van der Waals surface area contributed by atoms with Gasteiger partial charge in [-0.15, -0.1) is 0 Å². The van der Waals surface area contributed by atoms with Crippen molar-refractivity contribution in [1.29, 1.82) is 0 Å². The summed E-state index contributed by atoms with van der Waals surface area (Å²) in [5.74, 6) is 0.420. The number of ether oxygens (including phenoxy) is 1. The van der Waals surface area contributed by atoms with Gasteiger partial charge in [0.1, 0.15) is 0 Å².